The topological polar surface area (TPSA) is 26.3 Å². The normalized spacial score (nSPS) is 20.2. The number of carbonyl (C=O) groups is 1. The maximum atomic E-state index is 11.1. The third kappa shape index (κ3) is 1.29. The van der Waals surface area contributed by atoms with Crippen molar-refractivity contribution >= 4 is 17.7 Å². The van der Waals surface area contributed by atoms with Gasteiger partial charge in [-0.15, -0.1) is 0 Å². The largest absolute Gasteiger partial charge is 0.469 e. The third-order valence-electron chi connectivity index (χ3n) is 1.89. The van der Waals surface area contributed by atoms with Gasteiger partial charge in [0.2, 0.25) is 0 Å². The number of methoxy groups -OCH3 is 1. The zero-order valence-corrected chi connectivity index (χ0v) is 7.16. The van der Waals surface area contributed by atoms with E-state index in [2.05, 4.69) is 4.74 Å². The number of carbonyl (C=O) groups excluding carboxylic acids is 1. The van der Waals surface area contributed by atoms with Gasteiger partial charge in [0.05, 0.1) is 12.5 Å². The van der Waals surface area contributed by atoms with Crippen LogP contribution < -0.4 is 0 Å². The van der Waals surface area contributed by atoms with Crippen molar-refractivity contribution in [1.82, 2.24) is 0 Å². The summed E-state index contributed by atoms with van der Waals surface area (Å²) in [5.41, 5.74) is -0.0891. The fourth-order valence-electron chi connectivity index (χ4n) is 1.05. The van der Waals surface area contributed by atoms with Gasteiger partial charge in [-0.05, 0) is 19.1 Å². The molecule has 0 amide bonds. The Morgan fingerprint density at radius 1 is 1.70 bits per heavy atom. The summed E-state index contributed by atoms with van der Waals surface area (Å²) in [5.74, 6) is 0.890. The molecule has 0 bridgehead atoms. The molecular weight excluding hydrogens is 148 g/mol. The van der Waals surface area contributed by atoms with Crippen LogP contribution in [0.3, 0.4) is 0 Å². The Hall–Kier alpha value is -0.180. The first kappa shape index (κ1) is 7.92. The quantitative estimate of drug-likeness (QED) is 0.582. The number of hydrogen-bond donors (Lipinski definition) is 0. The van der Waals surface area contributed by atoms with Crippen molar-refractivity contribution < 1.29 is 9.53 Å². The number of rotatable bonds is 3. The molecule has 1 aliphatic carbocycles. The number of esters is 1. The van der Waals surface area contributed by atoms with Gasteiger partial charge in [-0.3, -0.25) is 4.79 Å². The molecule has 0 aliphatic heterocycles. The number of hydrogen-bond acceptors (Lipinski definition) is 3. The molecule has 3 heteroatoms. The van der Waals surface area contributed by atoms with E-state index in [0.29, 0.717) is 0 Å². The lowest BCUT2D eigenvalue weighted by atomic mass is 10.1. The molecule has 0 aromatic heterocycles. The number of thioether (sulfide) groups is 1. The standard InChI is InChI=1S/C7H12O2S/c1-9-6(8)7(3-4-7)5-10-2/h3-5H2,1-2H3. The van der Waals surface area contributed by atoms with E-state index in [1.807, 2.05) is 6.26 Å². The maximum absolute atomic E-state index is 11.1. The zero-order valence-electron chi connectivity index (χ0n) is 6.35. The molecule has 0 aromatic rings. The van der Waals surface area contributed by atoms with E-state index in [9.17, 15) is 4.79 Å². The third-order valence-corrected chi connectivity index (χ3v) is 2.73. The molecule has 2 nitrogen and oxygen atoms in total. The van der Waals surface area contributed by atoms with Gasteiger partial charge in [-0.25, -0.2) is 0 Å². The molecular formula is C7H12O2S. The summed E-state index contributed by atoms with van der Waals surface area (Å²) in [4.78, 5) is 11.1. The first-order valence-corrected chi connectivity index (χ1v) is 4.72. The maximum Gasteiger partial charge on any atom is 0.312 e. The van der Waals surface area contributed by atoms with Crippen LogP contribution in [0, 0.1) is 5.41 Å². The second kappa shape index (κ2) is 2.82. The molecule has 0 spiro atoms. The molecule has 1 fully saturated rings. The van der Waals surface area contributed by atoms with Gasteiger partial charge in [-0.2, -0.15) is 11.8 Å². The number of ether oxygens (including phenoxy) is 1. The monoisotopic (exact) mass is 160 g/mol. The Kier molecular flexibility index (Phi) is 2.24. The summed E-state index contributed by atoms with van der Waals surface area (Å²) in [5, 5.41) is 0. The Bertz CT molecular complexity index is 141. The molecule has 0 heterocycles. The summed E-state index contributed by atoms with van der Waals surface area (Å²) >= 11 is 1.71. The molecule has 1 aliphatic rings. The van der Waals surface area contributed by atoms with E-state index >= 15 is 0 Å². The van der Waals surface area contributed by atoms with Crippen LogP contribution in [0.5, 0.6) is 0 Å². The van der Waals surface area contributed by atoms with Crippen LogP contribution in [-0.2, 0) is 9.53 Å². The average molecular weight is 160 g/mol. The predicted molar refractivity (Wildman–Crippen MR) is 42.1 cm³/mol. The minimum absolute atomic E-state index is 0.0261. The molecule has 0 saturated heterocycles. The summed E-state index contributed by atoms with van der Waals surface area (Å²) in [6.45, 7) is 0. The molecule has 0 radical (unpaired) electrons. The zero-order chi connectivity index (χ0) is 7.61. The van der Waals surface area contributed by atoms with Crippen LogP contribution in [0.15, 0.2) is 0 Å². The smallest absolute Gasteiger partial charge is 0.312 e. The van der Waals surface area contributed by atoms with Gasteiger partial charge < -0.3 is 4.74 Å². The first-order valence-electron chi connectivity index (χ1n) is 3.32. The highest BCUT2D eigenvalue weighted by Crippen LogP contribution is 2.48. The van der Waals surface area contributed by atoms with Crippen molar-refractivity contribution in [3.05, 3.63) is 0 Å². The molecule has 58 valence electrons. The SMILES string of the molecule is COC(=O)C1(CSC)CC1. The van der Waals surface area contributed by atoms with Gasteiger partial charge in [0, 0.05) is 5.75 Å². The van der Waals surface area contributed by atoms with Crippen molar-refractivity contribution in [2.45, 2.75) is 12.8 Å². The van der Waals surface area contributed by atoms with Gasteiger partial charge >= 0.3 is 5.97 Å². The van der Waals surface area contributed by atoms with Crippen molar-refractivity contribution in [2.75, 3.05) is 19.1 Å². The van der Waals surface area contributed by atoms with E-state index in [1.54, 1.807) is 11.8 Å². The van der Waals surface area contributed by atoms with E-state index in [1.165, 1.54) is 7.11 Å². The average Bonchev–Trinajstić information content (AvgIpc) is 2.69. The highest BCUT2D eigenvalue weighted by atomic mass is 32.2. The summed E-state index contributed by atoms with van der Waals surface area (Å²) in [6.07, 6.45) is 4.05. The Labute approximate surface area is 65.3 Å². The second-order valence-electron chi connectivity index (χ2n) is 2.70. The lowest BCUT2D eigenvalue weighted by Gasteiger charge is -2.08. The van der Waals surface area contributed by atoms with Crippen molar-refractivity contribution in [2.24, 2.45) is 5.41 Å². The lowest BCUT2D eigenvalue weighted by molar-refractivity contribution is -0.146. The molecule has 0 aromatic carbocycles. The molecule has 1 rings (SSSR count). The van der Waals surface area contributed by atoms with E-state index in [4.69, 9.17) is 0 Å². The highest BCUT2D eigenvalue weighted by molar-refractivity contribution is 7.98. The van der Waals surface area contributed by atoms with Gasteiger partial charge in [0.25, 0.3) is 0 Å². The van der Waals surface area contributed by atoms with E-state index in [0.717, 1.165) is 18.6 Å². The lowest BCUT2D eigenvalue weighted by Crippen LogP contribution is -2.19. The van der Waals surface area contributed by atoms with Gasteiger partial charge in [-0.1, -0.05) is 0 Å². The predicted octanol–water partition coefficient (Wildman–Crippen LogP) is 1.30. The summed E-state index contributed by atoms with van der Waals surface area (Å²) in [7, 11) is 1.46. The second-order valence-corrected chi connectivity index (χ2v) is 3.57. The van der Waals surface area contributed by atoms with Crippen LogP contribution in [-0.4, -0.2) is 25.1 Å². The molecule has 10 heavy (non-hydrogen) atoms. The Morgan fingerprint density at radius 3 is 2.60 bits per heavy atom. The minimum Gasteiger partial charge on any atom is -0.469 e. The van der Waals surface area contributed by atoms with Crippen LogP contribution in [0.25, 0.3) is 0 Å². The van der Waals surface area contributed by atoms with Crippen molar-refractivity contribution in [3.63, 3.8) is 0 Å². The van der Waals surface area contributed by atoms with Crippen LogP contribution in [0.1, 0.15) is 12.8 Å². The molecule has 1 saturated carbocycles. The van der Waals surface area contributed by atoms with Crippen molar-refractivity contribution in [3.8, 4) is 0 Å². The summed E-state index contributed by atoms with van der Waals surface area (Å²) < 4.78 is 4.68. The van der Waals surface area contributed by atoms with Gasteiger partial charge in [0.15, 0.2) is 0 Å². The van der Waals surface area contributed by atoms with E-state index < -0.39 is 0 Å². The highest BCUT2D eigenvalue weighted by Gasteiger charge is 2.50. The fraction of sp³-hybridized carbons (Fsp3) is 0.857. The molecule has 0 atom stereocenters. The van der Waals surface area contributed by atoms with Crippen LogP contribution >= 0.6 is 11.8 Å². The first-order chi connectivity index (χ1) is 4.75. The van der Waals surface area contributed by atoms with Crippen LogP contribution in [0.2, 0.25) is 0 Å². The molecule has 0 unspecified atom stereocenters. The van der Waals surface area contributed by atoms with Crippen molar-refractivity contribution in [1.29, 1.82) is 0 Å². The Balaban J connectivity index is 2.43. The van der Waals surface area contributed by atoms with Crippen LogP contribution in [0.4, 0.5) is 0 Å². The van der Waals surface area contributed by atoms with Gasteiger partial charge in [0.1, 0.15) is 0 Å². The summed E-state index contributed by atoms with van der Waals surface area (Å²) in [6, 6.07) is 0. The minimum atomic E-state index is -0.0891. The van der Waals surface area contributed by atoms with E-state index in [-0.39, 0.29) is 11.4 Å². The fourth-order valence-corrected chi connectivity index (χ4v) is 2.01. The molecule has 0 N–H and O–H groups in total. The Morgan fingerprint density at radius 2 is 2.30 bits per heavy atom.